The first-order valence-corrected chi connectivity index (χ1v) is 9.50. The van der Waals surface area contributed by atoms with Gasteiger partial charge in [-0.1, -0.05) is 51.5 Å². The molecule has 1 saturated heterocycles. The second-order valence-corrected chi connectivity index (χ2v) is 8.12. The van der Waals surface area contributed by atoms with Gasteiger partial charge in [0.15, 0.2) is 0 Å². The van der Waals surface area contributed by atoms with Crippen LogP contribution in [0.2, 0.25) is 0 Å². The highest BCUT2D eigenvalue weighted by Crippen LogP contribution is 2.60. The molecular formula is C19H35N3. The van der Waals surface area contributed by atoms with Crippen LogP contribution < -0.4 is 16.8 Å². The van der Waals surface area contributed by atoms with Crippen LogP contribution in [-0.2, 0) is 0 Å². The predicted octanol–water partition coefficient (Wildman–Crippen LogP) is 2.95. The molecule has 0 amide bonds. The lowest BCUT2D eigenvalue weighted by atomic mass is 9.48. The van der Waals surface area contributed by atoms with Crippen LogP contribution in [0, 0.1) is 17.8 Å². The highest BCUT2D eigenvalue weighted by molar-refractivity contribution is 5.32. The van der Waals surface area contributed by atoms with Gasteiger partial charge in [0, 0.05) is 17.1 Å². The lowest BCUT2D eigenvalue weighted by Crippen LogP contribution is -2.77. The minimum atomic E-state index is -0.0661. The number of nitrogens with one attached hydrogen (secondary N) is 1. The molecule has 3 rings (SSSR count). The number of nitrogens with two attached hydrogens (primary N) is 2. The number of fused-ring (bicyclic) bond motifs is 1. The summed E-state index contributed by atoms with van der Waals surface area (Å²) in [6, 6.07) is 0.341. The largest absolute Gasteiger partial charge is 0.330 e. The normalized spacial score (nSPS) is 45.3. The van der Waals surface area contributed by atoms with E-state index in [0.717, 1.165) is 31.2 Å². The minimum Gasteiger partial charge on any atom is -0.330 e. The van der Waals surface area contributed by atoms with Gasteiger partial charge in [0.05, 0.1) is 0 Å². The summed E-state index contributed by atoms with van der Waals surface area (Å²) in [5.41, 5.74) is 13.0. The van der Waals surface area contributed by atoms with Gasteiger partial charge in [0.2, 0.25) is 0 Å². The molecule has 1 aliphatic heterocycles. The Bertz CT molecular complexity index is 403. The maximum Gasteiger partial charge on any atom is 0.0402 e. The van der Waals surface area contributed by atoms with Crippen LogP contribution in [0.3, 0.4) is 0 Å². The molecule has 3 heteroatoms. The standard InChI is InChI=1S/C19H35N3/c1-3-15-13-18(21)16(10-11-20)17(4-2)22-19(15,18)12-14-8-6-5-7-9-14/h4,14-17,22H,2-3,5-13,20-21H2,1H3. The van der Waals surface area contributed by atoms with Gasteiger partial charge in [-0.25, -0.2) is 0 Å². The maximum atomic E-state index is 7.06. The molecule has 0 radical (unpaired) electrons. The van der Waals surface area contributed by atoms with Gasteiger partial charge in [0.25, 0.3) is 0 Å². The second-order valence-electron chi connectivity index (χ2n) is 8.12. The molecule has 3 fully saturated rings. The number of hydrogen-bond donors (Lipinski definition) is 3. The summed E-state index contributed by atoms with van der Waals surface area (Å²) in [6.07, 6.45) is 13.8. The Morgan fingerprint density at radius 2 is 2.00 bits per heavy atom. The molecule has 3 aliphatic rings. The van der Waals surface area contributed by atoms with E-state index in [2.05, 4.69) is 24.9 Å². The van der Waals surface area contributed by atoms with E-state index in [1.807, 2.05) is 0 Å². The van der Waals surface area contributed by atoms with Crippen molar-refractivity contribution in [3.05, 3.63) is 12.7 Å². The van der Waals surface area contributed by atoms with Crippen molar-refractivity contribution in [1.82, 2.24) is 5.32 Å². The molecule has 0 aromatic heterocycles. The minimum absolute atomic E-state index is 0.0661. The van der Waals surface area contributed by atoms with Crippen LogP contribution in [0.5, 0.6) is 0 Å². The van der Waals surface area contributed by atoms with E-state index in [1.54, 1.807) is 0 Å². The van der Waals surface area contributed by atoms with Crippen molar-refractivity contribution >= 4 is 0 Å². The summed E-state index contributed by atoms with van der Waals surface area (Å²) in [4.78, 5) is 0. The molecule has 0 bridgehead atoms. The summed E-state index contributed by atoms with van der Waals surface area (Å²) in [7, 11) is 0. The Balaban J connectivity index is 1.85. The molecule has 5 atom stereocenters. The van der Waals surface area contributed by atoms with Crippen molar-refractivity contribution < 1.29 is 0 Å². The zero-order valence-electron chi connectivity index (χ0n) is 14.3. The molecule has 1 heterocycles. The fraction of sp³-hybridized carbons (Fsp3) is 0.895. The highest BCUT2D eigenvalue weighted by Gasteiger charge is 2.70. The molecule has 2 saturated carbocycles. The maximum absolute atomic E-state index is 7.06. The first kappa shape index (κ1) is 16.5. The van der Waals surface area contributed by atoms with Crippen LogP contribution in [0.15, 0.2) is 12.7 Å². The van der Waals surface area contributed by atoms with Gasteiger partial charge in [-0.2, -0.15) is 0 Å². The van der Waals surface area contributed by atoms with Crippen LogP contribution >= 0.6 is 0 Å². The van der Waals surface area contributed by atoms with E-state index >= 15 is 0 Å². The lowest BCUT2D eigenvalue weighted by molar-refractivity contribution is -0.0352. The summed E-state index contributed by atoms with van der Waals surface area (Å²) in [6.45, 7) is 7.13. The Morgan fingerprint density at radius 1 is 1.27 bits per heavy atom. The molecule has 5 N–H and O–H groups in total. The van der Waals surface area contributed by atoms with Gasteiger partial charge in [0.1, 0.15) is 0 Å². The van der Waals surface area contributed by atoms with Crippen molar-refractivity contribution in [3.63, 3.8) is 0 Å². The van der Waals surface area contributed by atoms with Gasteiger partial charge in [-0.05, 0) is 43.6 Å². The molecule has 0 spiro atoms. The average molecular weight is 306 g/mol. The van der Waals surface area contributed by atoms with Crippen molar-refractivity contribution in [3.8, 4) is 0 Å². The van der Waals surface area contributed by atoms with Crippen molar-refractivity contribution in [2.24, 2.45) is 29.2 Å². The summed E-state index contributed by atoms with van der Waals surface area (Å²) in [5, 5.41) is 3.98. The molecule has 3 nitrogen and oxygen atoms in total. The Kier molecular flexibility index (Phi) is 4.69. The van der Waals surface area contributed by atoms with Crippen LogP contribution in [-0.4, -0.2) is 23.7 Å². The van der Waals surface area contributed by atoms with E-state index in [4.69, 9.17) is 11.5 Å². The molecule has 5 unspecified atom stereocenters. The third-order valence-corrected chi connectivity index (χ3v) is 7.19. The first-order chi connectivity index (χ1) is 10.6. The van der Waals surface area contributed by atoms with E-state index in [0.29, 0.717) is 12.0 Å². The molecular weight excluding hydrogens is 270 g/mol. The van der Waals surface area contributed by atoms with Crippen LogP contribution in [0.25, 0.3) is 0 Å². The Labute approximate surface area is 136 Å². The van der Waals surface area contributed by atoms with Crippen LogP contribution in [0.4, 0.5) is 0 Å². The van der Waals surface area contributed by atoms with Gasteiger partial charge in [-0.15, -0.1) is 6.58 Å². The Morgan fingerprint density at radius 3 is 2.59 bits per heavy atom. The molecule has 126 valence electrons. The zero-order chi connectivity index (χ0) is 15.8. The summed E-state index contributed by atoms with van der Waals surface area (Å²) in [5.74, 6) is 2.05. The molecule has 22 heavy (non-hydrogen) atoms. The third kappa shape index (κ3) is 2.28. The highest BCUT2D eigenvalue weighted by atomic mass is 15.2. The molecule has 0 aromatic carbocycles. The van der Waals surface area contributed by atoms with Crippen molar-refractivity contribution in [1.29, 1.82) is 0 Å². The summed E-state index contributed by atoms with van der Waals surface area (Å²) < 4.78 is 0. The van der Waals surface area contributed by atoms with E-state index in [-0.39, 0.29) is 11.1 Å². The smallest absolute Gasteiger partial charge is 0.0402 e. The number of rotatable bonds is 6. The fourth-order valence-corrected chi connectivity index (χ4v) is 6.06. The lowest BCUT2D eigenvalue weighted by Gasteiger charge is -2.62. The predicted molar refractivity (Wildman–Crippen MR) is 93.5 cm³/mol. The van der Waals surface area contributed by atoms with E-state index < -0.39 is 0 Å². The van der Waals surface area contributed by atoms with Crippen molar-refractivity contribution in [2.75, 3.05) is 6.54 Å². The van der Waals surface area contributed by atoms with Crippen molar-refractivity contribution in [2.45, 2.75) is 81.8 Å². The fourth-order valence-electron chi connectivity index (χ4n) is 6.06. The zero-order valence-corrected chi connectivity index (χ0v) is 14.3. The quantitative estimate of drug-likeness (QED) is 0.661. The molecule has 0 aromatic rings. The molecule has 2 aliphatic carbocycles. The van der Waals surface area contributed by atoms with Gasteiger partial charge < -0.3 is 16.8 Å². The topological polar surface area (TPSA) is 64.1 Å². The van der Waals surface area contributed by atoms with E-state index in [9.17, 15) is 0 Å². The number of hydrogen-bond acceptors (Lipinski definition) is 3. The summed E-state index contributed by atoms with van der Waals surface area (Å²) >= 11 is 0. The van der Waals surface area contributed by atoms with Crippen LogP contribution in [0.1, 0.15) is 64.7 Å². The monoisotopic (exact) mass is 305 g/mol. The average Bonchev–Trinajstić information content (AvgIpc) is 2.70. The second kappa shape index (κ2) is 6.26. The SMILES string of the molecule is C=CC1NC2(CC3CCCCC3)C(CC)CC2(N)C1CCN. The van der Waals surface area contributed by atoms with E-state index in [1.165, 1.54) is 44.9 Å². The van der Waals surface area contributed by atoms with Gasteiger partial charge in [-0.3, -0.25) is 0 Å². The van der Waals surface area contributed by atoms with Gasteiger partial charge >= 0.3 is 0 Å². The Hall–Kier alpha value is -0.380. The first-order valence-electron chi connectivity index (χ1n) is 9.50. The third-order valence-electron chi connectivity index (χ3n) is 7.19.